The Hall–Kier alpha value is -3.37. The van der Waals surface area contributed by atoms with E-state index in [0.717, 1.165) is 61.3 Å². The number of amides is 2. The highest BCUT2D eigenvalue weighted by molar-refractivity contribution is 7.17. The number of thiophene rings is 1. The smallest absolute Gasteiger partial charge is 0.254 e. The summed E-state index contributed by atoms with van der Waals surface area (Å²) in [6.07, 6.45) is 6.58. The lowest BCUT2D eigenvalue weighted by atomic mass is 9.76. The number of carbonyl (C=O) groups excluding carboxylic acids is 2. The Kier molecular flexibility index (Phi) is 5.99. The largest absolute Gasteiger partial charge is 0.494 e. The van der Waals surface area contributed by atoms with Crippen LogP contribution in [0.15, 0.2) is 23.6 Å². The van der Waals surface area contributed by atoms with Crippen LogP contribution in [-0.4, -0.2) is 62.6 Å². The zero-order chi connectivity index (χ0) is 28.9. The second kappa shape index (κ2) is 9.57. The number of methoxy groups -OCH3 is 1. The third-order valence-corrected chi connectivity index (χ3v) is 11.3. The Morgan fingerprint density at radius 2 is 1.95 bits per heavy atom. The van der Waals surface area contributed by atoms with E-state index in [9.17, 15) is 9.59 Å². The SMILES string of the molecule is COc1cc(C(=O)N2C[C@H]3CC[C@@H]2[C@@H]3N)cc2nc(-c3cc4scc(C5CC(NC(C)=O)C5)c4n3CC3CC3)n(C)c12. The van der Waals surface area contributed by atoms with Crippen LogP contribution in [0.1, 0.15) is 67.3 Å². The van der Waals surface area contributed by atoms with Crippen LogP contribution in [0.2, 0.25) is 0 Å². The molecule has 0 radical (unpaired) electrons. The average Bonchev–Trinajstić information content (AvgIpc) is 3.19. The van der Waals surface area contributed by atoms with Gasteiger partial charge in [-0.2, -0.15) is 0 Å². The maximum Gasteiger partial charge on any atom is 0.254 e. The van der Waals surface area contributed by atoms with Gasteiger partial charge in [0.05, 0.1) is 28.5 Å². The normalized spacial score (nSPS) is 26.8. The first kappa shape index (κ1) is 26.3. The molecular weight excluding hydrogens is 548 g/mol. The van der Waals surface area contributed by atoms with E-state index in [1.54, 1.807) is 25.4 Å². The number of aromatic nitrogens is 3. The first-order valence-corrected chi connectivity index (χ1v) is 16.2. The van der Waals surface area contributed by atoms with E-state index in [-0.39, 0.29) is 29.9 Å². The Bertz CT molecular complexity index is 1740. The maximum absolute atomic E-state index is 13.7. The molecular formula is C32H38N6O3S. The number of likely N-dealkylation sites (tertiary alicyclic amines) is 1. The molecule has 8 rings (SSSR count). The Morgan fingerprint density at radius 3 is 2.62 bits per heavy atom. The number of piperidine rings is 1. The van der Waals surface area contributed by atoms with Crippen molar-refractivity contribution < 1.29 is 14.3 Å². The van der Waals surface area contributed by atoms with E-state index in [2.05, 4.69) is 25.9 Å². The monoisotopic (exact) mass is 586 g/mol. The molecule has 3 atom stereocenters. The molecule has 4 aromatic rings. The minimum Gasteiger partial charge on any atom is -0.494 e. The molecule has 0 spiro atoms. The third kappa shape index (κ3) is 4.01. The number of aryl methyl sites for hydroxylation is 1. The highest BCUT2D eigenvalue weighted by atomic mass is 32.1. The van der Waals surface area contributed by atoms with Crippen LogP contribution < -0.4 is 15.8 Å². The summed E-state index contributed by atoms with van der Waals surface area (Å²) < 4.78 is 11.8. The number of nitrogens with one attached hydrogen (secondary N) is 1. The van der Waals surface area contributed by atoms with Crippen LogP contribution in [-0.2, 0) is 18.4 Å². The molecule has 1 saturated heterocycles. The highest BCUT2D eigenvalue weighted by Crippen LogP contribution is 2.46. The van der Waals surface area contributed by atoms with Gasteiger partial charge in [0.1, 0.15) is 11.3 Å². The predicted molar refractivity (Wildman–Crippen MR) is 164 cm³/mol. The predicted octanol–water partition coefficient (Wildman–Crippen LogP) is 4.62. The quantitative estimate of drug-likeness (QED) is 0.329. The van der Waals surface area contributed by atoms with Crippen LogP contribution >= 0.6 is 11.3 Å². The molecule has 4 aliphatic rings. The summed E-state index contributed by atoms with van der Waals surface area (Å²) in [5.41, 5.74) is 12.5. The van der Waals surface area contributed by atoms with Gasteiger partial charge in [-0.05, 0) is 85.4 Å². The van der Waals surface area contributed by atoms with Crippen molar-refractivity contribution in [3.05, 3.63) is 34.7 Å². The summed E-state index contributed by atoms with van der Waals surface area (Å²) in [5, 5.41) is 5.40. The average molecular weight is 587 g/mol. The standard InChI is InChI=1S/C32H38N6O3S/c1-16(39)34-21-8-19(9-21)22-15-42-27-12-25(37(29(22)27)13-17-4-5-17)31-35-23-10-20(11-26(41-3)30(23)36(31)2)32(40)38-14-18-6-7-24(38)28(18)33/h10-12,15,17-19,21,24,28H,4-9,13-14,33H2,1-3H3,(H,34,39)/t18-,19?,21?,24-,28-/m1/s1. The molecule has 2 bridgehead atoms. The highest BCUT2D eigenvalue weighted by Gasteiger charge is 2.47. The fraction of sp³-hybridized carbons (Fsp3) is 0.531. The molecule has 2 amide bonds. The van der Waals surface area contributed by atoms with E-state index >= 15 is 0 Å². The van der Waals surface area contributed by atoms with Crippen molar-refractivity contribution in [2.45, 2.75) is 76.0 Å². The number of hydrogen-bond donors (Lipinski definition) is 2. The van der Waals surface area contributed by atoms with Crippen molar-refractivity contribution in [2.75, 3.05) is 13.7 Å². The second-order valence-corrected chi connectivity index (χ2v) is 13.9. The van der Waals surface area contributed by atoms with Crippen LogP contribution in [0.5, 0.6) is 5.75 Å². The van der Waals surface area contributed by atoms with Gasteiger partial charge in [0.25, 0.3) is 5.91 Å². The first-order chi connectivity index (χ1) is 20.3. The molecule has 220 valence electrons. The summed E-state index contributed by atoms with van der Waals surface area (Å²) in [7, 11) is 3.70. The molecule has 3 N–H and O–H groups in total. The molecule has 42 heavy (non-hydrogen) atoms. The van der Waals surface area contributed by atoms with Crippen LogP contribution in [0.25, 0.3) is 32.8 Å². The molecule has 0 unspecified atom stereocenters. The summed E-state index contributed by atoms with van der Waals surface area (Å²) in [6, 6.07) is 6.56. The van der Waals surface area contributed by atoms with Crippen molar-refractivity contribution in [3.8, 4) is 17.3 Å². The first-order valence-electron chi connectivity index (χ1n) is 15.3. The van der Waals surface area contributed by atoms with Gasteiger partial charge in [-0.1, -0.05) is 0 Å². The number of nitrogens with zero attached hydrogens (tertiary/aromatic N) is 4. The molecule has 4 heterocycles. The van der Waals surface area contributed by atoms with Crippen molar-refractivity contribution >= 4 is 44.4 Å². The van der Waals surface area contributed by atoms with Crippen LogP contribution in [0, 0.1) is 11.8 Å². The Morgan fingerprint density at radius 1 is 1.14 bits per heavy atom. The van der Waals surface area contributed by atoms with Gasteiger partial charge >= 0.3 is 0 Å². The van der Waals surface area contributed by atoms with E-state index in [1.165, 1.54) is 28.6 Å². The third-order valence-electron chi connectivity index (χ3n) is 10.3. The molecule has 3 saturated carbocycles. The second-order valence-electron chi connectivity index (χ2n) is 13.0. The van der Waals surface area contributed by atoms with Gasteiger partial charge < -0.3 is 29.8 Å². The molecule has 1 aliphatic heterocycles. The number of rotatable bonds is 7. The van der Waals surface area contributed by atoms with Crippen LogP contribution in [0.4, 0.5) is 0 Å². The Balaban J connectivity index is 1.19. The lowest BCUT2D eigenvalue weighted by Gasteiger charge is -2.35. The molecule has 4 fully saturated rings. The van der Waals surface area contributed by atoms with Gasteiger partial charge in [-0.25, -0.2) is 4.98 Å². The van der Waals surface area contributed by atoms with Gasteiger partial charge in [-0.3, -0.25) is 9.59 Å². The number of imidazole rings is 1. The number of fused-ring (bicyclic) bond motifs is 4. The van der Waals surface area contributed by atoms with E-state index in [0.29, 0.717) is 29.1 Å². The Labute approximate surface area is 249 Å². The summed E-state index contributed by atoms with van der Waals surface area (Å²) in [6.45, 7) is 3.31. The zero-order valence-electron chi connectivity index (χ0n) is 24.4. The van der Waals surface area contributed by atoms with Crippen molar-refractivity contribution in [3.63, 3.8) is 0 Å². The molecule has 3 aromatic heterocycles. The minimum atomic E-state index is 0.0189. The number of benzene rings is 1. The number of ether oxygens (including phenoxy) is 1. The summed E-state index contributed by atoms with van der Waals surface area (Å²) in [4.78, 5) is 32.4. The number of hydrogen-bond acceptors (Lipinski definition) is 6. The lowest BCUT2D eigenvalue weighted by Crippen LogP contribution is -2.42. The van der Waals surface area contributed by atoms with Crippen LogP contribution in [0.3, 0.4) is 0 Å². The van der Waals surface area contributed by atoms with E-state index in [1.807, 2.05) is 24.1 Å². The lowest BCUT2D eigenvalue weighted by molar-refractivity contribution is -0.120. The van der Waals surface area contributed by atoms with E-state index < -0.39 is 0 Å². The minimum absolute atomic E-state index is 0.0189. The van der Waals surface area contributed by atoms with E-state index in [4.69, 9.17) is 15.5 Å². The van der Waals surface area contributed by atoms with Gasteiger partial charge in [-0.15, -0.1) is 11.3 Å². The fourth-order valence-electron chi connectivity index (χ4n) is 7.86. The van der Waals surface area contributed by atoms with Gasteiger partial charge in [0, 0.05) is 50.7 Å². The summed E-state index contributed by atoms with van der Waals surface area (Å²) >= 11 is 1.80. The van der Waals surface area contributed by atoms with Crippen molar-refractivity contribution in [1.82, 2.24) is 24.3 Å². The zero-order valence-corrected chi connectivity index (χ0v) is 25.2. The number of carbonyl (C=O) groups is 2. The number of nitrogens with two attached hydrogens (primary N) is 1. The van der Waals surface area contributed by atoms with Gasteiger partial charge in [0.15, 0.2) is 5.82 Å². The molecule has 3 aliphatic carbocycles. The molecule has 9 nitrogen and oxygen atoms in total. The molecule has 1 aromatic carbocycles. The van der Waals surface area contributed by atoms with Gasteiger partial charge in [0.2, 0.25) is 5.91 Å². The topological polar surface area (TPSA) is 107 Å². The van der Waals surface area contributed by atoms with Crippen molar-refractivity contribution in [1.29, 1.82) is 0 Å². The molecule has 10 heteroatoms. The fourth-order valence-corrected chi connectivity index (χ4v) is 8.94. The van der Waals surface area contributed by atoms with Crippen molar-refractivity contribution in [2.24, 2.45) is 24.6 Å². The summed E-state index contributed by atoms with van der Waals surface area (Å²) in [5.74, 6) is 3.16. The maximum atomic E-state index is 13.7.